The van der Waals surface area contributed by atoms with Gasteiger partial charge >= 0.3 is 13.6 Å². The van der Waals surface area contributed by atoms with Gasteiger partial charge in [0.2, 0.25) is 0 Å². The summed E-state index contributed by atoms with van der Waals surface area (Å²) in [6.45, 7) is 3.65. The van der Waals surface area contributed by atoms with Crippen LogP contribution in [0.15, 0.2) is 48.5 Å². The average molecular weight is 409 g/mol. The number of aromatic nitrogens is 1. The topological polar surface area (TPSA) is 46.9 Å². The van der Waals surface area contributed by atoms with Gasteiger partial charge in [-0.15, -0.1) is 0 Å². The number of carbonyl (C=O) groups is 1. The van der Waals surface area contributed by atoms with Crippen LogP contribution in [-0.2, 0) is 15.9 Å². The third-order valence-corrected chi connectivity index (χ3v) is 5.57. The molecule has 0 spiro atoms. The summed E-state index contributed by atoms with van der Waals surface area (Å²) in [5, 5.41) is 0.855. The number of methoxy groups -OCH3 is 1. The van der Waals surface area contributed by atoms with Crippen LogP contribution in [0, 0.1) is 5.82 Å². The molecule has 0 radical (unpaired) electrons. The molecule has 0 atom stereocenters. The minimum atomic E-state index is -0.432. The van der Waals surface area contributed by atoms with Gasteiger partial charge in [-0.2, -0.15) is 0 Å². The van der Waals surface area contributed by atoms with Crippen molar-refractivity contribution in [1.29, 1.82) is 0 Å². The molecule has 6 nitrogen and oxygen atoms in total. The second kappa shape index (κ2) is 8.89. The Bertz CT molecular complexity index is 1030. The van der Waals surface area contributed by atoms with E-state index in [9.17, 15) is 9.18 Å². The Labute approximate surface area is 176 Å². The molecule has 2 aromatic carbocycles. The number of hydrogen-bond acceptors (Lipinski definition) is 5. The third-order valence-electron chi connectivity index (χ3n) is 5.57. The van der Waals surface area contributed by atoms with E-state index in [2.05, 4.69) is 9.71 Å². The highest BCUT2D eigenvalue weighted by Gasteiger charge is 2.24. The first-order chi connectivity index (χ1) is 14.6. The second-order valence-electron chi connectivity index (χ2n) is 7.47. The standard InChI is InChI=1S/C22H25BFN3O3/c1-29-22(28)21-14-18-19(25-8-10-26(11-9-25)23-30-2)12-17(24)13-20(18)27(21)15-16-6-4-3-5-7-16/h3-7,12-14,23H,8-11,15H2,1-2H3. The molecule has 8 heteroatoms. The zero-order chi connectivity index (χ0) is 21.1. The normalized spacial score (nSPS) is 14.8. The summed E-state index contributed by atoms with van der Waals surface area (Å²) < 4.78 is 26.7. The van der Waals surface area contributed by atoms with Crippen LogP contribution >= 0.6 is 0 Å². The van der Waals surface area contributed by atoms with Crippen LogP contribution in [0.25, 0.3) is 10.9 Å². The van der Waals surface area contributed by atoms with Gasteiger partial charge in [-0.25, -0.2) is 9.18 Å². The highest BCUT2D eigenvalue weighted by atomic mass is 19.1. The molecule has 2 heterocycles. The first-order valence-electron chi connectivity index (χ1n) is 10.0. The van der Waals surface area contributed by atoms with Crippen molar-refractivity contribution in [2.45, 2.75) is 6.54 Å². The molecule has 1 saturated heterocycles. The van der Waals surface area contributed by atoms with E-state index in [4.69, 9.17) is 9.39 Å². The van der Waals surface area contributed by atoms with Gasteiger partial charge in [-0.05, 0) is 23.8 Å². The molecule has 1 aliphatic rings. The Morgan fingerprint density at radius 2 is 1.80 bits per heavy atom. The first kappa shape index (κ1) is 20.4. The van der Waals surface area contributed by atoms with Crippen LogP contribution in [0.1, 0.15) is 16.1 Å². The molecule has 0 amide bonds. The van der Waals surface area contributed by atoms with Crippen molar-refractivity contribution in [2.75, 3.05) is 45.3 Å². The van der Waals surface area contributed by atoms with Crippen LogP contribution < -0.4 is 4.90 Å². The van der Waals surface area contributed by atoms with E-state index in [-0.39, 0.29) is 5.82 Å². The molecule has 156 valence electrons. The molecule has 0 saturated carbocycles. The minimum absolute atomic E-state index is 0.319. The quantitative estimate of drug-likeness (QED) is 0.463. The van der Waals surface area contributed by atoms with Gasteiger partial charge in [0.1, 0.15) is 11.5 Å². The van der Waals surface area contributed by atoms with Crippen LogP contribution in [0.2, 0.25) is 0 Å². The van der Waals surface area contributed by atoms with Gasteiger partial charge in [0.25, 0.3) is 0 Å². The summed E-state index contributed by atoms with van der Waals surface area (Å²) in [5.74, 6) is -0.751. The van der Waals surface area contributed by atoms with Crippen LogP contribution in [0.4, 0.5) is 10.1 Å². The fourth-order valence-corrected chi connectivity index (χ4v) is 4.08. The van der Waals surface area contributed by atoms with Crippen molar-refractivity contribution in [1.82, 2.24) is 9.38 Å². The van der Waals surface area contributed by atoms with Gasteiger partial charge in [0.15, 0.2) is 0 Å². The first-order valence-corrected chi connectivity index (χ1v) is 10.0. The highest BCUT2D eigenvalue weighted by molar-refractivity contribution is 6.23. The second-order valence-corrected chi connectivity index (χ2v) is 7.47. The smallest absolute Gasteiger partial charge is 0.363 e. The molecule has 0 aliphatic carbocycles. The van der Waals surface area contributed by atoms with E-state index in [1.165, 1.54) is 13.2 Å². The SMILES string of the molecule is COBN1CCN(c2cc(F)cc3c2cc(C(=O)OC)n3Cc2ccccc2)CC1. The summed E-state index contributed by atoms with van der Waals surface area (Å²) in [6, 6.07) is 14.7. The van der Waals surface area contributed by atoms with Gasteiger partial charge in [-0.1, -0.05) is 30.3 Å². The number of carbonyl (C=O) groups excluding carboxylic acids is 1. The Hall–Kier alpha value is -2.84. The largest absolute Gasteiger partial charge is 0.464 e. The molecule has 3 aromatic rings. The summed E-state index contributed by atoms with van der Waals surface area (Å²) in [6.07, 6.45) is 0. The van der Waals surface area contributed by atoms with Crippen LogP contribution in [0.3, 0.4) is 0 Å². The Morgan fingerprint density at radius 3 is 2.47 bits per heavy atom. The molecule has 30 heavy (non-hydrogen) atoms. The lowest BCUT2D eigenvalue weighted by Gasteiger charge is -2.35. The van der Waals surface area contributed by atoms with Gasteiger partial charge in [-0.3, -0.25) is 0 Å². The number of halogens is 1. The monoisotopic (exact) mass is 409 g/mol. The fraction of sp³-hybridized carbons (Fsp3) is 0.318. The van der Waals surface area contributed by atoms with Crippen molar-refractivity contribution in [2.24, 2.45) is 0 Å². The molecular formula is C22H25BFN3O3. The maximum absolute atomic E-state index is 14.7. The Kier molecular flexibility index (Phi) is 6.06. The summed E-state index contributed by atoms with van der Waals surface area (Å²) in [4.78, 5) is 16.9. The Balaban J connectivity index is 1.77. The highest BCUT2D eigenvalue weighted by Crippen LogP contribution is 2.33. The van der Waals surface area contributed by atoms with Crippen molar-refractivity contribution in [3.8, 4) is 0 Å². The predicted molar refractivity (Wildman–Crippen MR) is 117 cm³/mol. The molecule has 0 N–H and O–H groups in total. The lowest BCUT2D eigenvalue weighted by molar-refractivity contribution is 0.0589. The summed E-state index contributed by atoms with van der Waals surface area (Å²) >= 11 is 0. The van der Waals surface area contributed by atoms with Crippen molar-refractivity contribution >= 4 is 30.2 Å². The Morgan fingerprint density at radius 1 is 1.07 bits per heavy atom. The number of hydrogen-bond donors (Lipinski definition) is 0. The maximum Gasteiger partial charge on any atom is 0.363 e. The fourth-order valence-electron chi connectivity index (χ4n) is 4.08. The number of fused-ring (bicyclic) bond motifs is 1. The van der Waals surface area contributed by atoms with Crippen LogP contribution in [-0.4, -0.2) is 63.4 Å². The molecule has 1 aromatic heterocycles. The number of anilines is 1. The van der Waals surface area contributed by atoms with E-state index in [1.807, 2.05) is 41.0 Å². The van der Waals surface area contributed by atoms with E-state index in [0.717, 1.165) is 42.8 Å². The number of esters is 1. The van der Waals surface area contributed by atoms with Gasteiger partial charge in [0.05, 0.1) is 12.6 Å². The molecule has 4 rings (SSSR count). The number of nitrogens with zero attached hydrogens (tertiary/aromatic N) is 3. The van der Waals surface area contributed by atoms with Crippen molar-refractivity contribution in [3.63, 3.8) is 0 Å². The lowest BCUT2D eigenvalue weighted by Crippen LogP contribution is -2.48. The molecule has 0 unspecified atom stereocenters. The third kappa shape index (κ3) is 4.06. The molecule has 1 fully saturated rings. The number of benzene rings is 2. The van der Waals surface area contributed by atoms with Crippen molar-refractivity contribution < 1.29 is 18.6 Å². The minimum Gasteiger partial charge on any atom is -0.464 e. The zero-order valence-electron chi connectivity index (χ0n) is 17.3. The van der Waals surface area contributed by atoms with Crippen LogP contribution in [0.5, 0.6) is 0 Å². The maximum atomic E-state index is 14.7. The molecule has 0 bridgehead atoms. The average Bonchev–Trinajstić information content (AvgIpc) is 3.12. The van der Waals surface area contributed by atoms with Crippen molar-refractivity contribution in [3.05, 3.63) is 65.6 Å². The van der Waals surface area contributed by atoms with E-state index < -0.39 is 5.97 Å². The molecular weight excluding hydrogens is 384 g/mol. The number of ether oxygens (including phenoxy) is 1. The summed E-state index contributed by atoms with van der Waals surface area (Å²) in [5.41, 5.74) is 2.94. The number of rotatable bonds is 6. The lowest BCUT2D eigenvalue weighted by atomic mass is 10.1. The van der Waals surface area contributed by atoms with Gasteiger partial charge in [0, 0.05) is 50.9 Å². The van der Waals surface area contributed by atoms with E-state index in [1.54, 1.807) is 13.2 Å². The zero-order valence-corrected chi connectivity index (χ0v) is 17.3. The summed E-state index contributed by atoms with van der Waals surface area (Å²) in [7, 11) is 3.64. The van der Waals surface area contributed by atoms with E-state index >= 15 is 0 Å². The van der Waals surface area contributed by atoms with Gasteiger partial charge < -0.3 is 23.7 Å². The predicted octanol–water partition coefficient (Wildman–Crippen LogP) is 2.65. The van der Waals surface area contributed by atoms with E-state index in [0.29, 0.717) is 25.4 Å². The molecule has 1 aliphatic heterocycles. The number of piperazine rings is 1.